The minimum absolute atomic E-state index is 0.458. The van der Waals surface area contributed by atoms with Crippen LogP contribution in [0.25, 0.3) is 0 Å². The van der Waals surface area contributed by atoms with Gasteiger partial charge in [-0.2, -0.15) is 0 Å². The first-order valence-electron chi connectivity index (χ1n) is 6.13. The SMILES string of the molecule is CC1(CNc2ccc(N)nc2)CCCCC1. The van der Waals surface area contributed by atoms with Crippen molar-refractivity contribution in [3.63, 3.8) is 0 Å². The molecule has 0 amide bonds. The molecule has 1 saturated carbocycles. The lowest BCUT2D eigenvalue weighted by atomic mass is 9.76. The Morgan fingerprint density at radius 2 is 2.06 bits per heavy atom. The highest BCUT2D eigenvalue weighted by atomic mass is 14.9. The molecule has 0 radical (unpaired) electrons. The molecule has 1 aromatic rings. The Balaban J connectivity index is 1.88. The molecule has 3 heteroatoms. The molecule has 1 fully saturated rings. The first-order valence-corrected chi connectivity index (χ1v) is 6.13. The molecule has 0 atom stereocenters. The van der Waals surface area contributed by atoms with Crippen LogP contribution in [0.1, 0.15) is 39.0 Å². The number of nitrogens with zero attached hydrogens (tertiary/aromatic N) is 1. The predicted octanol–water partition coefficient (Wildman–Crippen LogP) is 3.05. The summed E-state index contributed by atoms with van der Waals surface area (Å²) in [5.74, 6) is 0.578. The van der Waals surface area contributed by atoms with E-state index in [0.29, 0.717) is 11.2 Å². The average Bonchev–Trinajstić information content (AvgIpc) is 2.29. The Morgan fingerprint density at radius 3 is 2.69 bits per heavy atom. The van der Waals surface area contributed by atoms with Crippen molar-refractivity contribution >= 4 is 11.5 Å². The number of nitrogens with one attached hydrogen (secondary N) is 1. The summed E-state index contributed by atoms with van der Waals surface area (Å²) in [6.45, 7) is 3.42. The molecule has 1 heterocycles. The zero-order valence-corrected chi connectivity index (χ0v) is 10.00. The number of hydrogen-bond acceptors (Lipinski definition) is 3. The van der Waals surface area contributed by atoms with Crippen LogP contribution in [0.4, 0.5) is 11.5 Å². The molecule has 0 aliphatic heterocycles. The van der Waals surface area contributed by atoms with Crippen LogP contribution < -0.4 is 11.1 Å². The summed E-state index contributed by atoms with van der Waals surface area (Å²) in [5, 5.41) is 3.46. The molecule has 0 aromatic carbocycles. The van der Waals surface area contributed by atoms with Crippen LogP contribution in [0.15, 0.2) is 18.3 Å². The van der Waals surface area contributed by atoms with E-state index in [1.54, 1.807) is 0 Å². The van der Waals surface area contributed by atoms with E-state index in [-0.39, 0.29) is 0 Å². The van der Waals surface area contributed by atoms with Gasteiger partial charge in [0.15, 0.2) is 0 Å². The Morgan fingerprint density at radius 1 is 1.31 bits per heavy atom. The Labute approximate surface area is 97.5 Å². The van der Waals surface area contributed by atoms with E-state index in [4.69, 9.17) is 5.73 Å². The van der Waals surface area contributed by atoms with Gasteiger partial charge in [-0.1, -0.05) is 26.2 Å². The largest absolute Gasteiger partial charge is 0.384 e. The maximum atomic E-state index is 5.55. The van der Waals surface area contributed by atoms with E-state index < -0.39 is 0 Å². The summed E-state index contributed by atoms with van der Waals surface area (Å²) in [4.78, 5) is 4.08. The van der Waals surface area contributed by atoms with Gasteiger partial charge in [-0.15, -0.1) is 0 Å². The molecule has 0 saturated heterocycles. The van der Waals surface area contributed by atoms with Crippen molar-refractivity contribution in [3.05, 3.63) is 18.3 Å². The molecular formula is C13H21N3. The fourth-order valence-corrected chi connectivity index (χ4v) is 2.41. The molecule has 88 valence electrons. The summed E-state index contributed by atoms with van der Waals surface area (Å²) in [6, 6.07) is 3.83. The van der Waals surface area contributed by atoms with Crippen LogP contribution in [0.3, 0.4) is 0 Å². The summed E-state index contributed by atoms with van der Waals surface area (Å²) < 4.78 is 0. The normalized spacial score (nSPS) is 19.3. The lowest BCUT2D eigenvalue weighted by molar-refractivity contribution is 0.233. The van der Waals surface area contributed by atoms with Crippen LogP contribution in [0.5, 0.6) is 0 Å². The maximum absolute atomic E-state index is 5.55. The van der Waals surface area contributed by atoms with Crippen molar-refractivity contribution in [1.82, 2.24) is 4.98 Å². The van der Waals surface area contributed by atoms with Gasteiger partial charge in [-0.05, 0) is 30.4 Å². The molecule has 2 rings (SSSR count). The molecule has 0 bridgehead atoms. The van der Waals surface area contributed by atoms with Gasteiger partial charge in [-0.25, -0.2) is 4.98 Å². The van der Waals surface area contributed by atoms with Crippen molar-refractivity contribution in [1.29, 1.82) is 0 Å². The van der Waals surface area contributed by atoms with Crippen LogP contribution in [0, 0.1) is 5.41 Å². The van der Waals surface area contributed by atoms with Gasteiger partial charge in [0, 0.05) is 6.54 Å². The Hall–Kier alpha value is -1.25. The highest BCUT2D eigenvalue weighted by Crippen LogP contribution is 2.35. The smallest absolute Gasteiger partial charge is 0.123 e. The van der Waals surface area contributed by atoms with Crippen molar-refractivity contribution in [2.45, 2.75) is 39.0 Å². The number of nitrogen functional groups attached to an aromatic ring is 1. The van der Waals surface area contributed by atoms with Crippen molar-refractivity contribution in [2.75, 3.05) is 17.6 Å². The number of nitrogens with two attached hydrogens (primary N) is 1. The van der Waals surface area contributed by atoms with Crippen LogP contribution in [0.2, 0.25) is 0 Å². The summed E-state index contributed by atoms with van der Waals surface area (Å²) >= 11 is 0. The van der Waals surface area contributed by atoms with Crippen molar-refractivity contribution in [3.8, 4) is 0 Å². The fraction of sp³-hybridized carbons (Fsp3) is 0.615. The zero-order valence-electron chi connectivity index (χ0n) is 10.00. The molecule has 16 heavy (non-hydrogen) atoms. The molecule has 0 spiro atoms. The van der Waals surface area contributed by atoms with Crippen molar-refractivity contribution < 1.29 is 0 Å². The van der Waals surface area contributed by atoms with E-state index in [2.05, 4.69) is 17.2 Å². The number of aromatic nitrogens is 1. The number of pyridine rings is 1. The third-order valence-corrected chi connectivity index (χ3v) is 3.57. The molecule has 3 N–H and O–H groups in total. The monoisotopic (exact) mass is 219 g/mol. The van der Waals surface area contributed by atoms with Gasteiger partial charge in [0.25, 0.3) is 0 Å². The van der Waals surface area contributed by atoms with Gasteiger partial charge in [-0.3, -0.25) is 0 Å². The molecule has 3 nitrogen and oxygen atoms in total. The van der Waals surface area contributed by atoms with E-state index in [1.165, 1.54) is 32.1 Å². The summed E-state index contributed by atoms with van der Waals surface area (Å²) in [7, 11) is 0. The number of anilines is 2. The van der Waals surface area contributed by atoms with Crippen LogP contribution in [-0.2, 0) is 0 Å². The Bertz CT molecular complexity index is 326. The molecule has 1 aliphatic rings. The third kappa shape index (κ3) is 2.87. The van der Waals surface area contributed by atoms with E-state index in [0.717, 1.165) is 12.2 Å². The lowest BCUT2D eigenvalue weighted by Crippen LogP contribution is -2.28. The highest BCUT2D eigenvalue weighted by molar-refractivity contribution is 5.45. The second-order valence-corrected chi connectivity index (χ2v) is 5.20. The summed E-state index contributed by atoms with van der Waals surface area (Å²) in [6.07, 6.45) is 8.63. The molecular weight excluding hydrogens is 198 g/mol. The van der Waals surface area contributed by atoms with Gasteiger partial charge in [0.1, 0.15) is 5.82 Å². The number of rotatable bonds is 3. The Kier molecular flexibility index (Phi) is 3.32. The first kappa shape index (κ1) is 11.2. The first-order chi connectivity index (χ1) is 7.68. The highest BCUT2D eigenvalue weighted by Gasteiger charge is 2.26. The van der Waals surface area contributed by atoms with E-state index in [9.17, 15) is 0 Å². The minimum atomic E-state index is 0.458. The second kappa shape index (κ2) is 4.73. The van der Waals surface area contributed by atoms with Gasteiger partial charge in [0.2, 0.25) is 0 Å². The molecule has 0 unspecified atom stereocenters. The van der Waals surface area contributed by atoms with Gasteiger partial charge >= 0.3 is 0 Å². The second-order valence-electron chi connectivity index (χ2n) is 5.20. The molecule has 1 aromatic heterocycles. The van der Waals surface area contributed by atoms with E-state index >= 15 is 0 Å². The van der Waals surface area contributed by atoms with Crippen molar-refractivity contribution in [2.24, 2.45) is 5.41 Å². The minimum Gasteiger partial charge on any atom is -0.384 e. The predicted molar refractivity (Wildman–Crippen MR) is 68.3 cm³/mol. The van der Waals surface area contributed by atoms with E-state index in [1.807, 2.05) is 18.3 Å². The average molecular weight is 219 g/mol. The maximum Gasteiger partial charge on any atom is 0.123 e. The topological polar surface area (TPSA) is 50.9 Å². The van der Waals surface area contributed by atoms with Gasteiger partial charge < -0.3 is 11.1 Å². The molecule has 1 aliphatic carbocycles. The zero-order chi connectivity index (χ0) is 11.4. The van der Waals surface area contributed by atoms with Crippen LogP contribution >= 0.6 is 0 Å². The standard InChI is InChI=1S/C13H21N3/c1-13(7-3-2-4-8-13)10-16-11-5-6-12(14)15-9-11/h5-6,9,16H,2-4,7-8,10H2,1H3,(H2,14,15). The van der Waals surface area contributed by atoms with Gasteiger partial charge in [0.05, 0.1) is 11.9 Å². The fourth-order valence-electron chi connectivity index (χ4n) is 2.41. The summed E-state index contributed by atoms with van der Waals surface area (Å²) in [5.41, 5.74) is 7.08. The van der Waals surface area contributed by atoms with Crippen LogP contribution in [-0.4, -0.2) is 11.5 Å². The third-order valence-electron chi connectivity index (χ3n) is 3.57. The number of hydrogen-bond donors (Lipinski definition) is 2. The lowest BCUT2D eigenvalue weighted by Gasteiger charge is -2.34. The quantitative estimate of drug-likeness (QED) is 0.821.